The van der Waals surface area contributed by atoms with E-state index in [0.29, 0.717) is 11.1 Å². The van der Waals surface area contributed by atoms with Crippen molar-refractivity contribution in [2.75, 3.05) is 0 Å². The van der Waals surface area contributed by atoms with Crippen LogP contribution in [-0.2, 0) is 16.1 Å². The summed E-state index contributed by atoms with van der Waals surface area (Å²) in [6, 6.07) is 14.6. The van der Waals surface area contributed by atoms with E-state index in [4.69, 9.17) is 10.00 Å². The Bertz CT molecular complexity index is 682. The highest BCUT2D eigenvalue weighted by molar-refractivity contribution is 5.87. The summed E-state index contributed by atoms with van der Waals surface area (Å²) in [4.78, 5) is 11.5. The molecule has 0 saturated carbocycles. The molecule has 0 amide bonds. The summed E-state index contributed by atoms with van der Waals surface area (Å²) in [5.74, 6) is -0.806. The lowest BCUT2D eigenvalue weighted by Gasteiger charge is -2.02. The highest BCUT2D eigenvalue weighted by atomic mass is 19.1. The average Bonchev–Trinajstić information content (AvgIpc) is 2.53. The zero-order valence-electron chi connectivity index (χ0n) is 11.1. The molecule has 0 unspecified atom stereocenters. The van der Waals surface area contributed by atoms with Crippen LogP contribution in [0.2, 0.25) is 0 Å². The van der Waals surface area contributed by atoms with Gasteiger partial charge < -0.3 is 4.74 Å². The minimum atomic E-state index is -0.483. The van der Waals surface area contributed by atoms with Crippen LogP contribution in [0.5, 0.6) is 0 Å². The topological polar surface area (TPSA) is 50.1 Å². The SMILES string of the molecule is N#Cc1ccc(COC(=O)/C=C/c2ccc(F)cc2)cc1. The number of nitrogens with zero attached hydrogens (tertiary/aromatic N) is 1. The lowest BCUT2D eigenvalue weighted by Crippen LogP contribution is -2.00. The fraction of sp³-hybridized carbons (Fsp3) is 0.0588. The standard InChI is InChI=1S/C17H12FNO2/c18-16-8-5-13(6-9-16)7-10-17(20)21-12-15-3-1-14(11-19)2-4-15/h1-10H,12H2/b10-7+. The molecule has 4 heteroatoms. The Balaban J connectivity index is 1.86. The molecule has 0 aliphatic carbocycles. The highest BCUT2D eigenvalue weighted by Gasteiger charge is 1.99. The molecular formula is C17H12FNO2. The van der Waals surface area contributed by atoms with Gasteiger partial charge in [0.1, 0.15) is 12.4 Å². The molecule has 0 saturated heterocycles. The van der Waals surface area contributed by atoms with Gasteiger partial charge in [0.2, 0.25) is 0 Å². The Morgan fingerprint density at radius 3 is 2.43 bits per heavy atom. The number of carbonyl (C=O) groups is 1. The van der Waals surface area contributed by atoms with Gasteiger partial charge in [-0.3, -0.25) is 0 Å². The third-order valence-electron chi connectivity index (χ3n) is 2.75. The van der Waals surface area contributed by atoms with Crippen molar-refractivity contribution in [1.29, 1.82) is 5.26 Å². The van der Waals surface area contributed by atoms with E-state index >= 15 is 0 Å². The predicted molar refractivity (Wildman–Crippen MR) is 76.4 cm³/mol. The van der Waals surface area contributed by atoms with Gasteiger partial charge >= 0.3 is 5.97 Å². The van der Waals surface area contributed by atoms with Gasteiger partial charge in [-0.2, -0.15) is 5.26 Å². The Morgan fingerprint density at radius 2 is 1.81 bits per heavy atom. The van der Waals surface area contributed by atoms with Crippen LogP contribution < -0.4 is 0 Å². The molecule has 0 spiro atoms. The molecule has 0 aromatic heterocycles. The van der Waals surface area contributed by atoms with Gasteiger partial charge in [0, 0.05) is 6.08 Å². The smallest absolute Gasteiger partial charge is 0.331 e. The molecule has 0 radical (unpaired) electrons. The largest absolute Gasteiger partial charge is 0.458 e. The molecule has 21 heavy (non-hydrogen) atoms. The molecule has 3 nitrogen and oxygen atoms in total. The van der Waals surface area contributed by atoms with E-state index < -0.39 is 5.97 Å². The summed E-state index contributed by atoms with van der Waals surface area (Å²) in [5, 5.41) is 8.67. The number of benzene rings is 2. The molecule has 2 aromatic carbocycles. The zero-order valence-corrected chi connectivity index (χ0v) is 11.1. The highest BCUT2D eigenvalue weighted by Crippen LogP contribution is 2.07. The first-order chi connectivity index (χ1) is 10.2. The molecule has 2 rings (SSSR count). The number of hydrogen-bond donors (Lipinski definition) is 0. The number of nitriles is 1. The molecule has 104 valence electrons. The number of hydrogen-bond acceptors (Lipinski definition) is 3. The first-order valence-electron chi connectivity index (χ1n) is 6.27. The monoisotopic (exact) mass is 281 g/mol. The van der Waals surface area contributed by atoms with Crippen molar-refractivity contribution < 1.29 is 13.9 Å². The lowest BCUT2D eigenvalue weighted by molar-refractivity contribution is -0.138. The normalized spacial score (nSPS) is 10.3. The molecule has 0 N–H and O–H groups in total. The van der Waals surface area contributed by atoms with Gasteiger partial charge in [-0.15, -0.1) is 0 Å². The van der Waals surface area contributed by atoms with E-state index in [1.165, 1.54) is 18.2 Å². The third kappa shape index (κ3) is 4.59. The molecule has 0 atom stereocenters. The van der Waals surface area contributed by atoms with Crippen molar-refractivity contribution in [2.24, 2.45) is 0 Å². The van der Waals surface area contributed by atoms with Crippen molar-refractivity contribution >= 4 is 12.0 Å². The van der Waals surface area contributed by atoms with Crippen LogP contribution in [-0.4, -0.2) is 5.97 Å². The fourth-order valence-corrected chi connectivity index (χ4v) is 1.62. The number of ether oxygens (including phenoxy) is 1. The van der Waals surface area contributed by atoms with E-state index in [1.807, 2.05) is 6.07 Å². The Kier molecular flexibility index (Phi) is 4.84. The molecule has 0 bridgehead atoms. The molecule has 0 aliphatic rings. The van der Waals surface area contributed by atoms with Crippen LogP contribution in [0.1, 0.15) is 16.7 Å². The molecule has 0 heterocycles. The van der Waals surface area contributed by atoms with Crippen LogP contribution in [0.25, 0.3) is 6.08 Å². The van der Waals surface area contributed by atoms with Crippen molar-refractivity contribution in [3.63, 3.8) is 0 Å². The summed E-state index contributed by atoms with van der Waals surface area (Å²) in [7, 11) is 0. The zero-order chi connectivity index (χ0) is 15.1. The maximum absolute atomic E-state index is 12.7. The summed E-state index contributed by atoms with van der Waals surface area (Å²) < 4.78 is 17.8. The number of carbonyl (C=O) groups excluding carboxylic acids is 1. The summed E-state index contributed by atoms with van der Waals surface area (Å²) in [6.45, 7) is 0.137. The van der Waals surface area contributed by atoms with E-state index in [0.717, 1.165) is 5.56 Å². The van der Waals surface area contributed by atoms with E-state index in [-0.39, 0.29) is 12.4 Å². The van der Waals surface area contributed by atoms with Crippen molar-refractivity contribution in [1.82, 2.24) is 0 Å². The van der Waals surface area contributed by atoms with Crippen LogP contribution in [0.15, 0.2) is 54.6 Å². The van der Waals surface area contributed by atoms with E-state index in [9.17, 15) is 9.18 Å². The van der Waals surface area contributed by atoms with Gasteiger partial charge in [0.05, 0.1) is 11.6 Å². The van der Waals surface area contributed by atoms with Crippen LogP contribution in [0.4, 0.5) is 4.39 Å². The second-order valence-electron chi connectivity index (χ2n) is 4.30. The molecule has 0 aliphatic heterocycles. The maximum atomic E-state index is 12.7. The summed E-state index contributed by atoms with van der Waals surface area (Å²) in [5.41, 5.74) is 2.07. The van der Waals surface area contributed by atoms with Crippen molar-refractivity contribution in [3.8, 4) is 6.07 Å². The number of esters is 1. The number of halogens is 1. The second-order valence-corrected chi connectivity index (χ2v) is 4.30. The minimum Gasteiger partial charge on any atom is -0.458 e. The van der Waals surface area contributed by atoms with Crippen LogP contribution in [0, 0.1) is 17.1 Å². The molecule has 2 aromatic rings. The minimum absolute atomic E-state index is 0.137. The third-order valence-corrected chi connectivity index (χ3v) is 2.75. The van der Waals surface area contributed by atoms with Crippen LogP contribution in [0.3, 0.4) is 0 Å². The summed E-state index contributed by atoms with van der Waals surface area (Å²) in [6.07, 6.45) is 2.84. The number of rotatable bonds is 4. The van der Waals surface area contributed by atoms with Gasteiger partial charge in [0.25, 0.3) is 0 Å². The van der Waals surface area contributed by atoms with Crippen molar-refractivity contribution in [3.05, 3.63) is 77.1 Å². The van der Waals surface area contributed by atoms with Gasteiger partial charge in [-0.05, 0) is 41.5 Å². The summed E-state index contributed by atoms with van der Waals surface area (Å²) >= 11 is 0. The molecule has 0 fully saturated rings. The van der Waals surface area contributed by atoms with Gasteiger partial charge in [0.15, 0.2) is 0 Å². The van der Waals surface area contributed by atoms with E-state index in [1.54, 1.807) is 42.5 Å². The Morgan fingerprint density at radius 1 is 1.14 bits per heavy atom. The fourth-order valence-electron chi connectivity index (χ4n) is 1.62. The maximum Gasteiger partial charge on any atom is 0.331 e. The first-order valence-corrected chi connectivity index (χ1v) is 6.27. The Labute approximate surface area is 121 Å². The lowest BCUT2D eigenvalue weighted by atomic mass is 10.2. The van der Waals surface area contributed by atoms with Gasteiger partial charge in [-0.1, -0.05) is 24.3 Å². The van der Waals surface area contributed by atoms with Gasteiger partial charge in [-0.25, -0.2) is 9.18 Å². The van der Waals surface area contributed by atoms with Crippen molar-refractivity contribution in [2.45, 2.75) is 6.61 Å². The van der Waals surface area contributed by atoms with Crippen LogP contribution >= 0.6 is 0 Å². The molecular weight excluding hydrogens is 269 g/mol. The van der Waals surface area contributed by atoms with E-state index in [2.05, 4.69) is 0 Å². The average molecular weight is 281 g/mol. The first kappa shape index (κ1) is 14.5. The second kappa shape index (κ2) is 7.01. The predicted octanol–water partition coefficient (Wildman–Crippen LogP) is 3.45. The quantitative estimate of drug-likeness (QED) is 0.637. The Hall–Kier alpha value is -2.93.